The van der Waals surface area contributed by atoms with Crippen molar-refractivity contribution in [2.75, 3.05) is 0 Å². The molecule has 1 nitrogen and oxygen atoms in total. The summed E-state index contributed by atoms with van der Waals surface area (Å²) < 4.78 is 9.24. The Morgan fingerprint density at radius 2 is 1.04 bits per heavy atom. The van der Waals surface area contributed by atoms with Crippen LogP contribution in [-0.2, 0) is 0 Å². The molecule has 0 bridgehead atoms. The molecule has 0 aliphatic rings. The van der Waals surface area contributed by atoms with E-state index in [1.54, 1.807) is 22.9 Å². The lowest BCUT2D eigenvalue weighted by atomic mass is 8.41. The summed E-state index contributed by atoms with van der Waals surface area (Å²) in [6, 6.07) is 0. The molecule has 0 aliphatic heterocycles. The van der Waals surface area contributed by atoms with E-state index in [1.807, 2.05) is 0 Å². The quantitative estimate of drug-likeness (QED) is 0.213. The third-order valence-electron chi connectivity index (χ3n) is 4.23. The maximum Gasteiger partial charge on any atom is 0.129 e. The van der Waals surface area contributed by atoms with Crippen LogP contribution in [0.5, 0.6) is 0 Å². The summed E-state index contributed by atoms with van der Waals surface area (Å²) in [5.41, 5.74) is 0. The summed E-state index contributed by atoms with van der Waals surface area (Å²) in [6.45, 7) is -0.783. The molecule has 0 aromatic carbocycles. The average molecular weight is 382 g/mol. The van der Waals surface area contributed by atoms with Crippen LogP contribution in [-0.4, -0.2) is 156 Å². The minimum absolute atomic E-state index is 0.665. The first-order chi connectivity index (χ1) is 11.4. The highest BCUT2D eigenvalue weighted by Crippen LogP contribution is 2.08. The SMILES string of the molecule is [3H]N(I)B(B(B([B])[B])B([B])[B])B(B([B][B])B([B])[B])B(B([B])[B])B([B])[B]. The minimum atomic E-state index is -0.953. The molecule has 0 saturated carbocycles. The molecule has 0 fully saturated rings. The van der Waals surface area contributed by atoms with Crippen molar-refractivity contribution < 1.29 is 1.41 Å². The molecular weight excluding hydrogens is 379 g/mol. The smallest absolute Gasteiger partial charge is 0.129 e. The van der Waals surface area contributed by atoms with E-state index in [0.717, 1.165) is 3.43 Å². The third-order valence-corrected chi connectivity index (χ3v) is 4.88. The fraction of sp³-hybridized carbons (Fsp3) is 0. The van der Waals surface area contributed by atoms with Crippen LogP contribution in [0.15, 0.2) is 0 Å². The molecule has 24 heteroatoms. The molecule has 0 aromatic rings. The van der Waals surface area contributed by atoms with E-state index in [2.05, 4.69) is 0 Å². The minimum Gasteiger partial charge on any atom is -0.319 e. The second-order valence-electron chi connectivity index (χ2n) is 5.98. The summed E-state index contributed by atoms with van der Waals surface area (Å²) in [5.74, 6) is 0. The van der Waals surface area contributed by atoms with Crippen molar-refractivity contribution in [3.8, 4) is 0 Å². The van der Waals surface area contributed by atoms with Gasteiger partial charge < -0.3 is 3.43 Å². The van der Waals surface area contributed by atoms with E-state index < -0.39 is 64.1 Å². The second-order valence-corrected chi connectivity index (χ2v) is 6.53. The molecule has 0 heterocycles. The van der Waals surface area contributed by atoms with Crippen molar-refractivity contribution in [2.45, 2.75) is 0 Å². The van der Waals surface area contributed by atoms with Gasteiger partial charge in [-0.05, 0) is 0 Å². The number of nitrogens with one attached hydrogen (secondary N) is 1. The Balaban J connectivity index is 6.35. The van der Waals surface area contributed by atoms with Gasteiger partial charge in [0.15, 0.2) is 0 Å². The molecule has 23 radical (unpaired) electrons. The normalized spacial score (nSPS) is 10.2. The van der Waals surface area contributed by atoms with Gasteiger partial charge in [-0.1, -0.05) is 0 Å². The molecule has 0 aliphatic carbocycles. The molecule has 24 heavy (non-hydrogen) atoms. The Bertz CT molecular complexity index is 336. The fourth-order valence-electron chi connectivity index (χ4n) is 3.09. The molecule has 0 amide bonds. The Morgan fingerprint density at radius 1 is 0.667 bits per heavy atom. The molecule has 0 atom stereocenters. The van der Waals surface area contributed by atoms with Gasteiger partial charge in [0.05, 0.1) is 0 Å². The standard InChI is InChI=1S/B22HIN/c1-12-18(13(2)3)21(19(14(4)5)15(6)7)22(24-23)20(16(8)9)17(10)11/h24H/i/hT. The van der Waals surface area contributed by atoms with E-state index in [4.69, 9.17) is 86.5 Å². The predicted molar refractivity (Wildman–Crippen MR) is 144 cm³/mol. The van der Waals surface area contributed by atoms with Crippen molar-refractivity contribution in [1.82, 2.24) is 3.43 Å². The van der Waals surface area contributed by atoms with Gasteiger partial charge in [-0.15, -0.1) is 0 Å². The molecule has 0 saturated heterocycles. The van der Waals surface area contributed by atoms with Crippen molar-refractivity contribution >= 4 is 179 Å². The van der Waals surface area contributed by atoms with Crippen molar-refractivity contribution in [2.24, 2.45) is 0 Å². The summed E-state index contributed by atoms with van der Waals surface area (Å²) in [5, 5.41) is 0. The maximum absolute atomic E-state index is 8.17. The Labute approximate surface area is 183 Å². The summed E-state index contributed by atoms with van der Waals surface area (Å²) >= 11 is 1.73. The average Bonchev–Trinajstić information content (AvgIpc) is 2.41. The van der Waals surface area contributed by atoms with E-state index in [9.17, 15) is 0 Å². The zero-order chi connectivity index (χ0) is 20.1. The zero-order valence-corrected chi connectivity index (χ0v) is 15.7. The predicted octanol–water partition coefficient (Wildman–Crippen LogP) is -7.99. The third kappa shape index (κ3) is 7.27. The van der Waals surface area contributed by atoms with Crippen LogP contribution in [0.2, 0.25) is 1.41 Å². The molecule has 1 N–H and O–H groups in total. The molecule has 0 aromatic heterocycles. The van der Waals surface area contributed by atoms with Crippen LogP contribution < -0.4 is 3.43 Å². The maximum atomic E-state index is 8.17. The lowest BCUT2D eigenvalue weighted by Crippen LogP contribution is -2.83. The van der Waals surface area contributed by atoms with Crippen LogP contribution in [0.4, 0.5) is 0 Å². The first-order valence-electron chi connectivity index (χ1n) is 7.87. The van der Waals surface area contributed by atoms with E-state index >= 15 is 0 Å². The van der Waals surface area contributed by atoms with Gasteiger partial charge in [0.25, 0.3) is 0 Å². The molecular formula is HB22IN. The summed E-state index contributed by atoms with van der Waals surface area (Å²) in [7, 11) is 65.8. The van der Waals surface area contributed by atoms with Crippen molar-refractivity contribution in [3.63, 3.8) is 0 Å². The largest absolute Gasteiger partial charge is 0.319 e. The van der Waals surface area contributed by atoms with Gasteiger partial charge in [0.1, 0.15) is 8.04 Å². The van der Waals surface area contributed by atoms with E-state index in [1.165, 1.54) is 7.06 Å². The lowest BCUT2D eigenvalue weighted by Gasteiger charge is -2.43. The Kier molecular flexibility index (Phi) is 12.6. The van der Waals surface area contributed by atoms with E-state index in [0.29, 0.717) is 0 Å². The molecule has 0 rings (SSSR count). The number of halogens is 1. The first-order valence-corrected chi connectivity index (χ1v) is 8.39. The van der Waals surface area contributed by atoms with Gasteiger partial charge >= 0.3 is 0 Å². The van der Waals surface area contributed by atoms with Crippen molar-refractivity contribution in [1.29, 1.82) is 0 Å². The van der Waals surface area contributed by atoms with Gasteiger partial charge in [-0.2, -0.15) is 0 Å². The number of hydrogen-bond donors (Lipinski definition) is 1. The Morgan fingerprint density at radius 3 is 1.25 bits per heavy atom. The lowest BCUT2D eigenvalue weighted by molar-refractivity contribution is 1.79. The molecule has 0 spiro atoms. The second kappa shape index (κ2) is 12.6. The van der Waals surface area contributed by atoms with Crippen LogP contribution >= 0.6 is 22.9 Å². The molecule has 0 unspecified atom stereocenters. The van der Waals surface area contributed by atoms with Crippen LogP contribution in [0.3, 0.4) is 0 Å². The van der Waals surface area contributed by atoms with Gasteiger partial charge in [-0.3, -0.25) is 0 Å². The highest BCUT2D eigenvalue weighted by molar-refractivity contribution is 14.1. The summed E-state index contributed by atoms with van der Waals surface area (Å²) in [4.78, 5) is 0. The topological polar surface area (TPSA) is 12.0 Å². The molecule has 79 valence electrons. The zero-order valence-electron chi connectivity index (χ0n) is 14.5. The number of hydrogen-bond acceptors (Lipinski definition) is 1. The van der Waals surface area contributed by atoms with Gasteiger partial charge in [0, 0.05) is 172 Å². The van der Waals surface area contributed by atoms with Crippen LogP contribution in [0, 0.1) is 0 Å². The highest BCUT2D eigenvalue weighted by Gasteiger charge is 2.48. The summed E-state index contributed by atoms with van der Waals surface area (Å²) in [6.07, 6.45) is -7.54. The van der Waals surface area contributed by atoms with Crippen LogP contribution in [0.1, 0.15) is 0 Å². The fourth-order valence-corrected chi connectivity index (χ4v) is 3.84. The van der Waals surface area contributed by atoms with Gasteiger partial charge in [-0.25, -0.2) is 0 Å². The van der Waals surface area contributed by atoms with Gasteiger partial charge in [0.2, 0.25) is 0 Å². The van der Waals surface area contributed by atoms with Crippen molar-refractivity contribution in [3.05, 3.63) is 0 Å². The monoisotopic (exact) mass is 386 g/mol. The highest BCUT2D eigenvalue weighted by atomic mass is 127. The number of rotatable bonds is 11. The van der Waals surface area contributed by atoms with Crippen LogP contribution in [0.25, 0.3) is 0 Å². The van der Waals surface area contributed by atoms with E-state index in [-0.39, 0.29) is 0 Å². The Hall–Kier alpha value is 2.12. The first kappa shape index (κ1) is 24.2.